The van der Waals surface area contributed by atoms with E-state index in [0.717, 1.165) is 25.9 Å². The van der Waals surface area contributed by atoms with E-state index in [1.165, 1.54) is 0 Å². The van der Waals surface area contributed by atoms with Crippen molar-refractivity contribution in [1.29, 1.82) is 0 Å². The number of carbonyl (C=O) groups excluding carboxylic acids is 1. The smallest absolute Gasteiger partial charge is 0.259 e. The molecule has 0 aliphatic carbocycles. The summed E-state index contributed by atoms with van der Waals surface area (Å²) in [5.74, 6) is 1.64. The van der Waals surface area contributed by atoms with Crippen LogP contribution in [0.4, 0.5) is 5.69 Å². The molecule has 1 aliphatic rings. The summed E-state index contributed by atoms with van der Waals surface area (Å²) >= 11 is 14.6. The Bertz CT molecular complexity index is 1290. The number of benzene rings is 3. The van der Waals surface area contributed by atoms with Gasteiger partial charge in [0.1, 0.15) is 6.61 Å². The maximum atomic E-state index is 13.4. The summed E-state index contributed by atoms with van der Waals surface area (Å²) in [6.45, 7) is 7.60. The highest BCUT2D eigenvalue weighted by Crippen LogP contribution is 2.40. The molecule has 1 aliphatic heterocycles. The van der Waals surface area contributed by atoms with E-state index in [1.54, 1.807) is 12.1 Å². The summed E-state index contributed by atoms with van der Waals surface area (Å²) < 4.78 is 12.9. The molecule has 0 radical (unpaired) electrons. The predicted molar refractivity (Wildman–Crippen MR) is 153 cm³/mol. The highest BCUT2D eigenvalue weighted by Gasteiger charge is 2.32. The number of para-hydroxylation sites is 1. The van der Waals surface area contributed by atoms with Crippen LogP contribution in [0.2, 0.25) is 10.0 Å². The largest absolute Gasteiger partial charge is 0.490 e. The van der Waals surface area contributed by atoms with Crippen LogP contribution < -0.4 is 14.4 Å². The maximum absolute atomic E-state index is 13.4. The SMILES string of the molecule is CCOc1cc(/C=C2\C(=O)N(CC(C)C)c3ccccc32)cc(I)c1OCc1ccc(Cl)cc1Cl. The second-order valence-corrected chi connectivity index (χ2v) is 10.7. The molecule has 4 rings (SSSR count). The standard InChI is InChI=1S/C28H26Cl2INO3/c1-4-34-26-13-18(12-24(31)27(26)35-16-19-9-10-20(29)14-23(19)30)11-22-21-7-5-6-8-25(21)32(28(22)33)15-17(2)3/h5-14,17H,4,15-16H2,1-3H3/b22-11-. The van der Waals surface area contributed by atoms with Gasteiger partial charge in [-0.1, -0.05) is 61.3 Å². The Morgan fingerprint density at radius 2 is 1.83 bits per heavy atom. The molecule has 3 aromatic rings. The van der Waals surface area contributed by atoms with E-state index in [1.807, 2.05) is 60.4 Å². The summed E-state index contributed by atoms with van der Waals surface area (Å²) in [5.41, 5.74) is 4.29. The third kappa shape index (κ3) is 5.79. The van der Waals surface area contributed by atoms with Crippen molar-refractivity contribution in [2.24, 2.45) is 5.92 Å². The zero-order chi connectivity index (χ0) is 25.1. The number of nitrogens with zero attached hydrogens (tertiary/aromatic N) is 1. The van der Waals surface area contributed by atoms with Crippen LogP contribution >= 0.6 is 45.8 Å². The molecule has 0 saturated heterocycles. The molecule has 0 saturated carbocycles. The molecule has 0 N–H and O–H groups in total. The van der Waals surface area contributed by atoms with Gasteiger partial charge >= 0.3 is 0 Å². The van der Waals surface area contributed by atoms with Gasteiger partial charge in [-0.25, -0.2) is 0 Å². The minimum absolute atomic E-state index is 0.0191. The Hall–Kier alpha value is -2.22. The van der Waals surface area contributed by atoms with Gasteiger partial charge in [-0.05, 0) is 77.4 Å². The summed E-state index contributed by atoms with van der Waals surface area (Å²) in [6, 6.07) is 17.2. The molecule has 0 fully saturated rings. The monoisotopic (exact) mass is 621 g/mol. The number of anilines is 1. The van der Waals surface area contributed by atoms with Crippen LogP contribution in [-0.2, 0) is 11.4 Å². The number of ether oxygens (including phenoxy) is 2. The highest BCUT2D eigenvalue weighted by molar-refractivity contribution is 14.1. The van der Waals surface area contributed by atoms with Crippen molar-refractivity contribution in [3.05, 3.63) is 84.9 Å². The van der Waals surface area contributed by atoms with Gasteiger partial charge < -0.3 is 14.4 Å². The third-order valence-electron chi connectivity index (χ3n) is 5.54. The van der Waals surface area contributed by atoms with Crippen molar-refractivity contribution in [3.8, 4) is 11.5 Å². The maximum Gasteiger partial charge on any atom is 0.259 e. The first-order chi connectivity index (χ1) is 16.8. The van der Waals surface area contributed by atoms with E-state index in [-0.39, 0.29) is 12.5 Å². The van der Waals surface area contributed by atoms with Gasteiger partial charge in [0.25, 0.3) is 5.91 Å². The van der Waals surface area contributed by atoms with E-state index in [2.05, 4.69) is 36.4 Å². The van der Waals surface area contributed by atoms with E-state index >= 15 is 0 Å². The minimum Gasteiger partial charge on any atom is -0.490 e. The normalized spacial score (nSPS) is 14.1. The molecule has 35 heavy (non-hydrogen) atoms. The van der Waals surface area contributed by atoms with E-state index in [9.17, 15) is 4.79 Å². The summed E-state index contributed by atoms with van der Waals surface area (Å²) in [5, 5.41) is 1.13. The Morgan fingerprint density at radius 3 is 2.54 bits per heavy atom. The molecule has 0 aromatic heterocycles. The van der Waals surface area contributed by atoms with Gasteiger partial charge in [0.2, 0.25) is 0 Å². The molecule has 0 bridgehead atoms. The molecule has 3 aromatic carbocycles. The Morgan fingerprint density at radius 1 is 1.06 bits per heavy atom. The summed E-state index contributed by atoms with van der Waals surface area (Å²) in [6.07, 6.45) is 1.94. The second-order valence-electron chi connectivity index (χ2n) is 8.67. The molecule has 7 heteroatoms. The number of hydrogen-bond donors (Lipinski definition) is 0. The summed E-state index contributed by atoms with van der Waals surface area (Å²) in [4.78, 5) is 15.2. The quantitative estimate of drug-likeness (QED) is 0.188. The number of fused-ring (bicyclic) bond motifs is 1. The lowest BCUT2D eigenvalue weighted by Crippen LogP contribution is -2.30. The highest BCUT2D eigenvalue weighted by atomic mass is 127. The van der Waals surface area contributed by atoms with Crippen molar-refractivity contribution in [2.75, 3.05) is 18.1 Å². The van der Waals surface area contributed by atoms with Gasteiger partial charge in [-0.2, -0.15) is 0 Å². The molecule has 0 atom stereocenters. The Kier molecular flexibility index (Phi) is 8.30. The third-order valence-corrected chi connectivity index (χ3v) is 6.93. The van der Waals surface area contributed by atoms with Crippen LogP contribution in [0, 0.1) is 9.49 Å². The first-order valence-electron chi connectivity index (χ1n) is 11.4. The van der Waals surface area contributed by atoms with Crippen molar-refractivity contribution in [2.45, 2.75) is 27.4 Å². The molecular formula is C28H26Cl2INO3. The van der Waals surface area contributed by atoms with Crippen LogP contribution in [0.25, 0.3) is 11.6 Å². The molecule has 1 heterocycles. The number of rotatable bonds is 8. The number of hydrogen-bond acceptors (Lipinski definition) is 3. The van der Waals surface area contributed by atoms with Gasteiger partial charge in [0, 0.05) is 33.3 Å². The Balaban J connectivity index is 1.68. The second kappa shape index (κ2) is 11.2. The molecule has 1 amide bonds. The Labute approximate surface area is 230 Å². The molecule has 182 valence electrons. The van der Waals surface area contributed by atoms with Crippen LogP contribution in [0.15, 0.2) is 54.6 Å². The predicted octanol–water partition coefficient (Wildman–Crippen LogP) is 8.12. The fourth-order valence-electron chi connectivity index (χ4n) is 4.02. The molecular weight excluding hydrogens is 596 g/mol. The first-order valence-corrected chi connectivity index (χ1v) is 13.3. The lowest BCUT2D eigenvalue weighted by atomic mass is 10.0. The number of halogens is 3. The average Bonchev–Trinajstić information content (AvgIpc) is 3.05. The lowest BCUT2D eigenvalue weighted by molar-refractivity contribution is -0.113. The van der Waals surface area contributed by atoms with Crippen molar-refractivity contribution in [1.82, 2.24) is 0 Å². The molecule has 4 nitrogen and oxygen atoms in total. The van der Waals surface area contributed by atoms with Gasteiger partial charge in [0.05, 0.1) is 15.9 Å². The zero-order valence-electron chi connectivity index (χ0n) is 19.8. The topological polar surface area (TPSA) is 38.8 Å². The van der Waals surface area contributed by atoms with E-state index < -0.39 is 0 Å². The van der Waals surface area contributed by atoms with Crippen molar-refractivity contribution >= 4 is 69.0 Å². The van der Waals surface area contributed by atoms with E-state index in [0.29, 0.717) is 46.2 Å². The van der Waals surface area contributed by atoms with Crippen LogP contribution in [0.3, 0.4) is 0 Å². The number of carbonyl (C=O) groups is 1. The fourth-order valence-corrected chi connectivity index (χ4v) is 5.27. The van der Waals surface area contributed by atoms with Crippen LogP contribution in [0.1, 0.15) is 37.5 Å². The van der Waals surface area contributed by atoms with Gasteiger partial charge in [-0.15, -0.1) is 0 Å². The number of amides is 1. The van der Waals surface area contributed by atoms with Crippen LogP contribution in [-0.4, -0.2) is 19.1 Å². The first kappa shape index (κ1) is 25.9. The van der Waals surface area contributed by atoms with Crippen molar-refractivity contribution in [3.63, 3.8) is 0 Å². The van der Waals surface area contributed by atoms with Gasteiger partial charge in [-0.3, -0.25) is 4.79 Å². The van der Waals surface area contributed by atoms with E-state index in [4.69, 9.17) is 32.7 Å². The van der Waals surface area contributed by atoms with Crippen molar-refractivity contribution < 1.29 is 14.3 Å². The van der Waals surface area contributed by atoms with Gasteiger partial charge in [0.15, 0.2) is 11.5 Å². The average molecular weight is 622 g/mol. The summed E-state index contributed by atoms with van der Waals surface area (Å²) in [7, 11) is 0. The minimum atomic E-state index is 0.0191. The molecule has 0 spiro atoms. The molecule has 0 unspecified atom stereocenters. The lowest BCUT2D eigenvalue weighted by Gasteiger charge is -2.19. The van der Waals surface area contributed by atoms with Crippen LogP contribution in [0.5, 0.6) is 11.5 Å². The fraction of sp³-hybridized carbons (Fsp3) is 0.250. The zero-order valence-corrected chi connectivity index (χ0v) is 23.4.